The van der Waals surface area contributed by atoms with E-state index in [4.69, 9.17) is 0 Å². The first-order valence-electron chi connectivity index (χ1n) is 7.42. The number of rotatable bonds is 5. The molecule has 0 saturated carbocycles. The van der Waals surface area contributed by atoms with Crippen LogP contribution in [0.5, 0.6) is 0 Å². The molecule has 0 fully saturated rings. The maximum Gasteiger partial charge on any atom is 0.416 e. The van der Waals surface area contributed by atoms with Crippen LogP contribution in [0.15, 0.2) is 30.6 Å². The molecule has 0 aliphatic rings. The van der Waals surface area contributed by atoms with Crippen LogP contribution in [0.25, 0.3) is 0 Å². The van der Waals surface area contributed by atoms with E-state index in [2.05, 4.69) is 14.7 Å². The molecule has 0 aliphatic heterocycles. The van der Waals surface area contributed by atoms with Gasteiger partial charge < -0.3 is 4.74 Å². The zero-order chi connectivity index (χ0) is 22.0. The van der Waals surface area contributed by atoms with Crippen molar-refractivity contribution in [3.05, 3.63) is 53.0 Å². The predicted molar refractivity (Wildman–Crippen MR) is 86.1 cm³/mol. The van der Waals surface area contributed by atoms with Crippen LogP contribution in [0.2, 0.25) is 0 Å². The first-order valence-corrected chi connectivity index (χ1v) is 9.07. The number of nitrogens with zero attached hydrogens (tertiary/aromatic N) is 2. The summed E-state index contributed by atoms with van der Waals surface area (Å²) in [6, 6.07) is 1.19. The Balaban J connectivity index is 2.53. The third-order valence-electron chi connectivity index (χ3n) is 3.45. The zero-order valence-electron chi connectivity index (χ0n) is 14.3. The molecule has 1 heterocycles. The monoisotopic (exact) mass is 443 g/mol. The molecule has 7 nitrogen and oxygen atoms in total. The average molecular weight is 443 g/mol. The lowest BCUT2D eigenvalue weighted by Crippen LogP contribution is -2.24. The molecule has 0 bridgehead atoms. The van der Waals surface area contributed by atoms with Crippen molar-refractivity contribution >= 4 is 21.8 Å². The van der Waals surface area contributed by atoms with E-state index < -0.39 is 62.3 Å². The number of carbonyl (C=O) groups excluding carboxylic acids is 1. The second-order valence-electron chi connectivity index (χ2n) is 5.43. The number of sulfonamides is 1. The summed E-state index contributed by atoms with van der Waals surface area (Å²) in [7, 11) is -3.93. The molecule has 29 heavy (non-hydrogen) atoms. The van der Waals surface area contributed by atoms with Gasteiger partial charge in [-0.3, -0.25) is 4.72 Å². The molecule has 14 heteroatoms. The molecule has 1 aromatic heterocycles. The van der Waals surface area contributed by atoms with E-state index in [1.54, 1.807) is 4.72 Å². The molecule has 0 spiro atoms. The fourth-order valence-corrected chi connectivity index (χ4v) is 3.51. The van der Waals surface area contributed by atoms with E-state index in [0.29, 0.717) is 18.2 Å². The highest BCUT2D eigenvalue weighted by molar-refractivity contribution is 7.91. The fourth-order valence-electron chi connectivity index (χ4n) is 2.31. The summed E-state index contributed by atoms with van der Waals surface area (Å²) in [6.45, 7) is 0. The topological polar surface area (TPSA) is 98.2 Å². The Morgan fingerprint density at radius 1 is 1.03 bits per heavy atom. The van der Waals surface area contributed by atoms with Gasteiger partial charge in [0.05, 0.1) is 24.0 Å². The van der Waals surface area contributed by atoms with E-state index in [0.717, 1.165) is 19.5 Å². The van der Waals surface area contributed by atoms with Crippen LogP contribution >= 0.6 is 0 Å². The van der Waals surface area contributed by atoms with E-state index in [9.17, 15) is 39.6 Å². The number of alkyl halides is 6. The van der Waals surface area contributed by atoms with Crippen molar-refractivity contribution in [2.45, 2.75) is 18.1 Å². The Kier molecular flexibility index (Phi) is 6.06. The summed E-state index contributed by atoms with van der Waals surface area (Å²) in [6.07, 6.45) is -8.52. The highest BCUT2D eigenvalue weighted by atomic mass is 32.2. The van der Waals surface area contributed by atoms with Gasteiger partial charge in [0.2, 0.25) is 10.0 Å². The molecule has 1 aromatic carbocycles. The molecular formula is C15H11F6N3O4S. The molecule has 158 valence electrons. The van der Waals surface area contributed by atoms with E-state index >= 15 is 0 Å². The smallest absolute Gasteiger partial charge is 0.416 e. The van der Waals surface area contributed by atoms with Crippen molar-refractivity contribution < 1.29 is 44.3 Å². The average Bonchev–Trinajstić information content (AvgIpc) is 2.59. The SMILES string of the molecule is COC(=O)c1nccnc1NS(=O)(=O)Cc1c(C(F)(F)F)cccc1C(F)(F)F. The largest absolute Gasteiger partial charge is 0.464 e. The van der Waals surface area contributed by atoms with Crippen LogP contribution < -0.4 is 4.72 Å². The van der Waals surface area contributed by atoms with Gasteiger partial charge in [-0.25, -0.2) is 23.2 Å². The zero-order valence-corrected chi connectivity index (χ0v) is 15.1. The number of aromatic nitrogens is 2. The molecule has 0 amide bonds. The van der Waals surface area contributed by atoms with Gasteiger partial charge in [-0.2, -0.15) is 26.3 Å². The molecule has 0 aliphatic carbocycles. The van der Waals surface area contributed by atoms with Gasteiger partial charge in [0.15, 0.2) is 11.5 Å². The lowest BCUT2D eigenvalue weighted by Gasteiger charge is -2.19. The summed E-state index contributed by atoms with van der Waals surface area (Å²) >= 11 is 0. The Morgan fingerprint density at radius 3 is 2.03 bits per heavy atom. The molecule has 0 radical (unpaired) electrons. The van der Waals surface area contributed by atoms with Gasteiger partial charge in [0, 0.05) is 12.4 Å². The normalized spacial score (nSPS) is 12.5. The lowest BCUT2D eigenvalue weighted by atomic mass is 10.0. The molecule has 0 saturated heterocycles. The maximum atomic E-state index is 13.2. The highest BCUT2D eigenvalue weighted by Gasteiger charge is 2.41. The minimum absolute atomic E-state index is 0.336. The maximum absolute atomic E-state index is 13.2. The van der Waals surface area contributed by atoms with E-state index in [1.165, 1.54) is 0 Å². The molecule has 1 N–H and O–H groups in total. The van der Waals surface area contributed by atoms with Gasteiger partial charge in [-0.05, 0) is 17.7 Å². The second kappa shape index (κ2) is 7.85. The van der Waals surface area contributed by atoms with Crippen LogP contribution in [0.3, 0.4) is 0 Å². The van der Waals surface area contributed by atoms with Gasteiger partial charge in [-0.15, -0.1) is 0 Å². The van der Waals surface area contributed by atoms with E-state index in [1.807, 2.05) is 0 Å². The number of hydrogen-bond acceptors (Lipinski definition) is 6. The Labute approximate surface area is 159 Å². The molecule has 2 rings (SSSR count). The number of methoxy groups -OCH3 is 1. The molecule has 2 aromatic rings. The number of benzene rings is 1. The fraction of sp³-hybridized carbons (Fsp3) is 0.267. The quantitative estimate of drug-likeness (QED) is 0.563. The third kappa shape index (κ3) is 5.34. The Bertz CT molecular complexity index is 989. The Hall–Kier alpha value is -2.90. The predicted octanol–water partition coefficient (Wildman–Crippen LogP) is 3.24. The summed E-state index contributed by atoms with van der Waals surface area (Å²) in [5.74, 6) is -3.52. The first-order chi connectivity index (χ1) is 13.3. The highest BCUT2D eigenvalue weighted by Crippen LogP contribution is 2.40. The third-order valence-corrected chi connectivity index (χ3v) is 4.62. The van der Waals surface area contributed by atoms with Crippen LogP contribution in [0.1, 0.15) is 27.2 Å². The number of halogens is 6. The van der Waals surface area contributed by atoms with Crippen LogP contribution in [-0.4, -0.2) is 31.5 Å². The van der Waals surface area contributed by atoms with Gasteiger partial charge in [0.25, 0.3) is 0 Å². The van der Waals surface area contributed by atoms with Crippen LogP contribution in [0, 0.1) is 0 Å². The Morgan fingerprint density at radius 2 is 1.55 bits per heavy atom. The van der Waals surface area contributed by atoms with Crippen molar-refractivity contribution in [1.29, 1.82) is 0 Å². The van der Waals surface area contributed by atoms with Crippen LogP contribution in [-0.2, 0) is 32.9 Å². The minimum Gasteiger partial charge on any atom is -0.464 e. The van der Waals surface area contributed by atoms with Crippen molar-refractivity contribution in [2.75, 3.05) is 11.8 Å². The van der Waals surface area contributed by atoms with Crippen molar-refractivity contribution in [1.82, 2.24) is 9.97 Å². The number of carbonyl (C=O) groups is 1. The van der Waals surface area contributed by atoms with Crippen molar-refractivity contribution in [3.8, 4) is 0 Å². The number of anilines is 1. The standard InChI is InChI=1S/C15H11F6N3O4S/c1-28-13(25)11-12(23-6-5-22-11)24-29(26,27)7-8-9(14(16,17)18)3-2-4-10(8)15(19,20)21/h2-6H,7H2,1H3,(H,23,24). The van der Waals surface area contributed by atoms with E-state index in [-0.39, 0.29) is 0 Å². The summed E-state index contributed by atoms with van der Waals surface area (Å²) in [4.78, 5) is 18.6. The summed E-state index contributed by atoms with van der Waals surface area (Å²) in [5, 5.41) is 0. The minimum atomic E-state index is -5.24. The van der Waals surface area contributed by atoms with Gasteiger partial charge >= 0.3 is 18.3 Å². The van der Waals surface area contributed by atoms with Gasteiger partial charge in [-0.1, -0.05) is 6.07 Å². The molecular weight excluding hydrogens is 432 g/mol. The van der Waals surface area contributed by atoms with Gasteiger partial charge in [0.1, 0.15) is 0 Å². The lowest BCUT2D eigenvalue weighted by molar-refractivity contribution is -0.144. The van der Waals surface area contributed by atoms with Crippen molar-refractivity contribution in [3.63, 3.8) is 0 Å². The summed E-state index contributed by atoms with van der Waals surface area (Å²) < 4.78 is 110. The number of ether oxygens (including phenoxy) is 1. The number of esters is 1. The molecule has 0 atom stereocenters. The summed E-state index contributed by atoms with van der Waals surface area (Å²) in [5.41, 5.74) is -5.64. The second-order valence-corrected chi connectivity index (χ2v) is 7.16. The number of hydrogen-bond donors (Lipinski definition) is 1. The first kappa shape index (κ1) is 22.4. The molecule has 0 unspecified atom stereocenters. The number of nitrogens with one attached hydrogen (secondary N) is 1. The van der Waals surface area contributed by atoms with Crippen LogP contribution in [0.4, 0.5) is 32.2 Å². The van der Waals surface area contributed by atoms with Crippen molar-refractivity contribution in [2.24, 2.45) is 0 Å².